The lowest BCUT2D eigenvalue weighted by molar-refractivity contribution is -0.113. The van der Waals surface area contributed by atoms with Gasteiger partial charge in [0.15, 0.2) is 0 Å². The molecule has 0 aliphatic heterocycles. The van der Waals surface area contributed by atoms with Crippen molar-refractivity contribution in [1.82, 2.24) is 0 Å². The standard InChI is InChI=1S/C23H17ClN2O3S/c24-18-10-8-16(9-11-18)14-29-23(28)20-6-1-2-7-21(20)30-15-22(27)26-19-5-3-4-17(12-19)13-25/h1-12H,14-15H2,(H,26,27). The zero-order valence-electron chi connectivity index (χ0n) is 15.8. The molecule has 30 heavy (non-hydrogen) atoms. The lowest BCUT2D eigenvalue weighted by Gasteiger charge is -2.10. The molecule has 5 nitrogen and oxygen atoms in total. The molecular weight excluding hydrogens is 420 g/mol. The number of nitrogens with zero attached hydrogens (tertiary/aromatic N) is 1. The Kier molecular flexibility index (Phi) is 7.50. The fourth-order valence-corrected chi connectivity index (χ4v) is 3.54. The van der Waals surface area contributed by atoms with Crippen molar-refractivity contribution in [3.05, 3.63) is 94.5 Å². The molecule has 0 aliphatic rings. The molecule has 0 fully saturated rings. The lowest BCUT2D eigenvalue weighted by atomic mass is 10.2. The van der Waals surface area contributed by atoms with Crippen molar-refractivity contribution in [2.24, 2.45) is 0 Å². The van der Waals surface area contributed by atoms with Gasteiger partial charge in [0.25, 0.3) is 0 Å². The summed E-state index contributed by atoms with van der Waals surface area (Å²) in [6.07, 6.45) is 0. The zero-order valence-corrected chi connectivity index (χ0v) is 17.4. The maximum absolute atomic E-state index is 12.5. The minimum absolute atomic E-state index is 0.109. The first kappa shape index (κ1) is 21.4. The molecule has 150 valence electrons. The second-order valence-electron chi connectivity index (χ2n) is 6.23. The molecule has 0 aliphatic carbocycles. The normalized spacial score (nSPS) is 10.1. The Hall–Kier alpha value is -3.27. The number of carbonyl (C=O) groups excluding carboxylic acids is 2. The Bertz CT molecular complexity index is 1090. The number of benzene rings is 3. The Morgan fingerprint density at radius 1 is 1.03 bits per heavy atom. The minimum Gasteiger partial charge on any atom is -0.457 e. The SMILES string of the molecule is N#Cc1cccc(NC(=O)CSc2ccccc2C(=O)OCc2ccc(Cl)cc2)c1. The van der Waals surface area contributed by atoms with Gasteiger partial charge in [0.1, 0.15) is 6.61 Å². The number of nitrogens with one attached hydrogen (secondary N) is 1. The van der Waals surface area contributed by atoms with E-state index in [4.69, 9.17) is 21.6 Å². The van der Waals surface area contributed by atoms with Gasteiger partial charge in [-0.2, -0.15) is 5.26 Å². The highest BCUT2D eigenvalue weighted by molar-refractivity contribution is 8.00. The number of esters is 1. The molecular formula is C23H17ClN2O3S. The summed E-state index contributed by atoms with van der Waals surface area (Å²) in [6, 6.07) is 22.8. The van der Waals surface area contributed by atoms with Crippen molar-refractivity contribution in [3.63, 3.8) is 0 Å². The average Bonchev–Trinajstić information content (AvgIpc) is 2.77. The minimum atomic E-state index is -0.463. The number of thioether (sulfide) groups is 1. The number of halogens is 1. The van der Waals surface area contributed by atoms with Gasteiger partial charge in [-0.1, -0.05) is 41.9 Å². The topological polar surface area (TPSA) is 79.2 Å². The largest absolute Gasteiger partial charge is 0.457 e. The van der Waals surface area contributed by atoms with E-state index in [0.29, 0.717) is 26.7 Å². The van der Waals surface area contributed by atoms with Crippen LogP contribution in [0.5, 0.6) is 0 Å². The molecule has 0 unspecified atom stereocenters. The van der Waals surface area contributed by atoms with E-state index in [9.17, 15) is 9.59 Å². The third-order valence-corrected chi connectivity index (χ3v) is 5.35. The van der Waals surface area contributed by atoms with Crippen LogP contribution in [0.1, 0.15) is 21.5 Å². The quantitative estimate of drug-likeness (QED) is 0.401. The van der Waals surface area contributed by atoms with Crippen molar-refractivity contribution in [2.75, 3.05) is 11.1 Å². The first-order valence-electron chi connectivity index (χ1n) is 8.98. The number of rotatable bonds is 7. The number of amides is 1. The molecule has 0 saturated heterocycles. The van der Waals surface area contributed by atoms with Gasteiger partial charge < -0.3 is 10.1 Å². The van der Waals surface area contributed by atoms with E-state index in [2.05, 4.69) is 5.32 Å². The second-order valence-corrected chi connectivity index (χ2v) is 7.68. The molecule has 7 heteroatoms. The Balaban J connectivity index is 1.59. The predicted molar refractivity (Wildman–Crippen MR) is 118 cm³/mol. The number of hydrogen-bond donors (Lipinski definition) is 1. The fraction of sp³-hybridized carbons (Fsp3) is 0.0870. The molecule has 0 aromatic heterocycles. The summed E-state index contributed by atoms with van der Waals surface area (Å²) in [5.41, 5.74) is 2.25. The Morgan fingerprint density at radius 2 is 1.80 bits per heavy atom. The molecule has 0 spiro atoms. The maximum Gasteiger partial charge on any atom is 0.339 e. The monoisotopic (exact) mass is 436 g/mol. The summed E-state index contributed by atoms with van der Waals surface area (Å²) in [6.45, 7) is 0.130. The average molecular weight is 437 g/mol. The zero-order chi connectivity index (χ0) is 21.3. The molecule has 0 saturated carbocycles. The van der Waals surface area contributed by atoms with Crippen LogP contribution in [0.2, 0.25) is 5.02 Å². The number of carbonyl (C=O) groups is 2. The van der Waals surface area contributed by atoms with Gasteiger partial charge >= 0.3 is 5.97 Å². The second kappa shape index (κ2) is 10.5. The highest BCUT2D eigenvalue weighted by Crippen LogP contribution is 2.24. The Morgan fingerprint density at radius 3 is 2.57 bits per heavy atom. The van der Waals surface area contributed by atoms with Gasteiger partial charge in [0.2, 0.25) is 5.91 Å². The van der Waals surface area contributed by atoms with Crippen molar-refractivity contribution < 1.29 is 14.3 Å². The first-order chi connectivity index (χ1) is 14.5. The number of hydrogen-bond acceptors (Lipinski definition) is 5. The molecule has 3 aromatic carbocycles. The van der Waals surface area contributed by atoms with Gasteiger partial charge in [0, 0.05) is 15.6 Å². The molecule has 0 radical (unpaired) electrons. The lowest BCUT2D eigenvalue weighted by Crippen LogP contribution is -2.14. The van der Waals surface area contributed by atoms with Gasteiger partial charge in [-0.05, 0) is 48.0 Å². The highest BCUT2D eigenvalue weighted by Gasteiger charge is 2.14. The van der Waals surface area contributed by atoms with E-state index in [-0.39, 0.29) is 18.3 Å². The molecule has 0 bridgehead atoms. The van der Waals surface area contributed by atoms with E-state index < -0.39 is 5.97 Å². The van der Waals surface area contributed by atoms with E-state index in [1.807, 2.05) is 6.07 Å². The molecule has 1 N–H and O–H groups in total. The predicted octanol–water partition coefficient (Wildman–Crippen LogP) is 5.30. The van der Waals surface area contributed by atoms with Crippen LogP contribution in [0.3, 0.4) is 0 Å². The third-order valence-electron chi connectivity index (χ3n) is 4.02. The number of ether oxygens (including phenoxy) is 1. The summed E-state index contributed by atoms with van der Waals surface area (Å²) in [5.74, 6) is -0.590. The summed E-state index contributed by atoms with van der Waals surface area (Å²) in [5, 5.41) is 12.3. The molecule has 3 rings (SSSR count). The smallest absolute Gasteiger partial charge is 0.339 e. The summed E-state index contributed by atoms with van der Waals surface area (Å²) >= 11 is 7.10. The van der Waals surface area contributed by atoms with Crippen LogP contribution < -0.4 is 5.32 Å². The molecule has 3 aromatic rings. The summed E-state index contributed by atoms with van der Waals surface area (Å²) in [4.78, 5) is 25.4. The first-order valence-corrected chi connectivity index (χ1v) is 10.3. The number of anilines is 1. The van der Waals surface area contributed by atoms with Crippen LogP contribution in [-0.4, -0.2) is 17.6 Å². The highest BCUT2D eigenvalue weighted by atomic mass is 35.5. The van der Waals surface area contributed by atoms with Crippen LogP contribution in [0.15, 0.2) is 77.7 Å². The summed E-state index contributed by atoms with van der Waals surface area (Å²) in [7, 11) is 0. The van der Waals surface area contributed by atoms with Gasteiger partial charge in [-0.3, -0.25) is 4.79 Å². The van der Waals surface area contributed by atoms with Crippen LogP contribution in [0.4, 0.5) is 5.69 Å². The van der Waals surface area contributed by atoms with Crippen molar-refractivity contribution in [1.29, 1.82) is 5.26 Å². The van der Waals surface area contributed by atoms with Crippen LogP contribution in [-0.2, 0) is 16.1 Å². The van der Waals surface area contributed by atoms with E-state index in [0.717, 1.165) is 5.56 Å². The molecule has 1 amide bonds. The van der Waals surface area contributed by atoms with Crippen LogP contribution >= 0.6 is 23.4 Å². The van der Waals surface area contributed by atoms with Crippen LogP contribution in [0.25, 0.3) is 0 Å². The maximum atomic E-state index is 12.5. The van der Waals surface area contributed by atoms with Gasteiger partial charge in [-0.25, -0.2) is 4.79 Å². The Labute approximate surface area is 183 Å². The van der Waals surface area contributed by atoms with Crippen molar-refractivity contribution in [3.8, 4) is 6.07 Å². The number of nitriles is 1. The molecule has 0 atom stereocenters. The van der Waals surface area contributed by atoms with E-state index in [1.54, 1.807) is 72.8 Å². The van der Waals surface area contributed by atoms with Crippen molar-refractivity contribution >= 4 is 40.9 Å². The van der Waals surface area contributed by atoms with Crippen molar-refractivity contribution in [2.45, 2.75) is 11.5 Å². The van der Waals surface area contributed by atoms with E-state index >= 15 is 0 Å². The fourth-order valence-electron chi connectivity index (χ4n) is 2.58. The van der Waals surface area contributed by atoms with Gasteiger partial charge in [0.05, 0.1) is 22.9 Å². The van der Waals surface area contributed by atoms with Gasteiger partial charge in [-0.15, -0.1) is 11.8 Å². The molecule has 0 heterocycles. The van der Waals surface area contributed by atoms with Crippen LogP contribution in [0, 0.1) is 11.3 Å². The summed E-state index contributed by atoms with van der Waals surface area (Å²) < 4.78 is 5.40. The van der Waals surface area contributed by atoms with E-state index in [1.165, 1.54) is 11.8 Å². The third kappa shape index (κ3) is 6.11.